The third-order valence-electron chi connectivity index (χ3n) is 0.650. The number of hydrogen-bond donors (Lipinski definition) is 0. The Kier molecular flexibility index (Phi) is 9.24. The van der Waals surface area contributed by atoms with Crippen LogP contribution in [0.25, 0.3) is 0 Å². The molecule has 0 N–H and O–H groups in total. The second kappa shape index (κ2) is 6.24. The molecule has 0 spiro atoms. The van der Waals surface area contributed by atoms with Gasteiger partial charge in [-0.2, -0.15) is 0 Å². The minimum absolute atomic E-state index is 0. The van der Waals surface area contributed by atoms with Crippen LogP contribution in [0.3, 0.4) is 0 Å². The zero-order chi connectivity index (χ0) is 5.86. The number of alkyl halides is 2. The van der Waals surface area contributed by atoms with Gasteiger partial charge in [-0.15, -0.1) is 23.2 Å². The minimum atomic E-state index is -0.181. The van der Waals surface area contributed by atoms with Crippen LogP contribution in [0.2, 0.25) is 0 Å². The van der Waals surface area contributed by atoms with E-state index in [1.54, 1.807) is 0 Å². The van der Waals surface area contributed by atoms with Crippen LogP contribution in [-0.4, -0.2) is 22.2 Å². The lowest BCUT2D eigenvalue weighted by Crippen LogP contribution is -1.93. The summed E-state index contributed by atoms with van der Waals surface area (Å²) in [5.41, 5.74) is 0. The molecule has 0 radical (unpaired) electrons. The van der Waals surface area contributed by atoms with Crippen LogP contribution in [0.15, 0.2) is 0 Å². The molecule has 0 fully saturated rings. The fourth-order valence-electron chi connectivity index (χ4n) is 0.356. The van der Waals surface area contributed by atoms with Gasteiger partial charge >= 0.3 is 0 Å². The highest BCUT2D eigenvalue weighted by Gasteiger charge is 2.00. The van der Waals surface area contributed by atoms with Crippen molar-refractivity contribution in [1.82, 2.24) is 0 Å². The normalized spacial score (nSPS) is 9.75. The van der Waals surface area contributed by atoms with Crippen LogP contribution in [-0.2, 0) is 0 Å². The van der Waals surface area contributed by atoms with Gasteiger partial charge in [-0.3, -0.25) is 0 Å². The summed E-state index contributed by atoms with van der Waals surface area (Å²) in [6, 6.07) is 0. The van der Waals surface area contributed by atoms with E-state index in [1.807, 2.05) is 0 Å². The maximum Gasteiger partial charge on any atom is 0.187 e. The maximum atomic E-state index is 5.44. The largest absolute Gasteiger partial charge is 0.187 e. The van der Waals surface area contributed by atoms with E-state index >= 15 is 0 Å². The average molecular weight is 171 g/mol. The smallest absolute Gasteiger partial charge is 0.105 e. The highest BCUT2D eigenvalue weighted by Crippen LogP contribution is 2.12. The maximum absolute atomic E-state index is 5.44. The van der Waals surface area contributed by atoms with Gasteiger partial charge in [-0.05, 0) is 12.3 Å². The van der Waals surface area contributed by atoms with Crippen LogP contribution in [0.4, 0.5) is 0 Å². The molecule has 0 rings (SSSR count). The van der Waals surface area contributed by atoms with Crippen molar-refractivity contribution in [1.29, 1.82) is 0 Å². The van der Waals surface area contributed by atoms with E-state index in [-0.39, 0.29) is 22.2 Å². The van der Waals surface area contributed by atoms with Gasteiger partial charge in [0.2, 0.25) is 0 Å². The Morgan fingerprint density at radius 2 is 1.62 bits per heavy atom. The SMILES string of the molecule is CC(C)CC(Cl)Cl.[AlH3]. The summed E-state index contributed by atoms with van der Waals surface area (Å²) in [5.74, 6) is 0.611. The molecule has 3 heteroatoms. The average Bonchev–Trinajstić information content (AvgIpc) is 1.27. The van der Waals surface area contributed by atoms with Crippen molar-refractivity contribution in [3.8, 4) is 0 Å². The van der Waals surface area contributed by atoms with E-state index in [1.165, 1.54) is 0 Å². The summed E-state index contributed by atoms with van der Waals surface area (Å²) in [6.07, 6.45) is 0.892. The molecule has 0 saturated carbocycles. The van der Waals surface area contributed by atoms with Gasteiger partial charge < -0.3 is 0 Å². The molecule has 8 heavy (non-hydrogen) atoms. The standard InChI is InChI=1S/C5H10Cl2.Al.3H/c1-4(2)3-5(6)7;;;;/h4-5H,3H2,1-2H3;;;;. The van der Waals surface area contributed by atoms with Crippen molar-refractivity contribution < 1.29 is 0 Å². The molecular weight excluding hydrogens is 158 g/mol. The van der Waals surface area contributed by atoms with Crippen LogP contribution in [0, 0.1) is 5.92 Å². The molecule has 0 aromatic rings. The molecule has 0 amide bonds. The Morgan fingerprint density at radius 1 is 1.25 bits per heavy atom. The fourth-order valence-corrected chi connectivity index (χ4v) is 1.07. The number of halogens is 2. The second-order valence-corrected chi connectivity index (χ2v) is 3.30. The van der Waals surface area contributed by atoms with Gasteiger partial charge in [-0.25, -0.2) is 0 Å². The van der Waals surface area contributed by atoms with Gasteiger partial charge in [0.25, 0.3) is 0 Å². The zero-order valence-electron chi connectivity index (χ0n) is 4.62. The fraction of sp³-hybridized carbons (Fsp3) is 1.00. The summed E-state index contributed by atoms with van der Waals surface area (Å²) in [4.78, 5) is -0.181. The highest BCUT2D eigenvalue weighted by atomic mass is 35.5. The molecule has 0 unspecified atom stereocenters. The summed E-state index contributed by atoms with van der Waals surface area (Å²) < 4.78 is 0. The lowest BCUT2D eigenvalue weighted by Gasteiger charge is -2.01. The van der Waals surface area contributed by atoms with Crippen LogP contribution >= 0.6 is 23.2 Å². The molecular formula is C5H13AlCl2. The van der Waals surface area contributed by atoms with Gasteiger partial charge in [0.15, 0.2) is 17.4 Å². The topological polar surface area (TPSA) is 0 Å². The Labute approximate surface area is 71.7 Å². The third-order valence-corrected chi connectivity index (χ3v) is 1.01. The van der Waals surface area contributed by atoms with E-state index in [9.17, 15) is 0 Å². The van der Waals surface area contributed by atoms with Crippen molar-refractivity contribution in [2.24, 2.45) is 5.92 Å². The first-order valence-corrected chi connectivity index (χ1v) is 3.28. The van der Waals surface area contributed by atoms with Gasteiger partial charge in [0.1, 0.15) is 4.84 Å². The lowest BCUT2D eigenvalue weighted by atomic mass is 10.2. The minimum Gasteiger partial charge on any atom is -0.105 e. The summed E-state index contributed by atoms with van der Waals surface area (Å²) in [6.45, 7) is 4.19. The molecule has 0 aliphatic rings. The number of hydrogen-bond acceptors (Lipinski definition) is 0. The summed E-state index contributed by atoms with van der Waals surface area (Å²) >= 11 is 10.9. The highest BCUT2D eigenvalue weighted by molar-refractivity contribution is 6.44. The van der Waals surface area contributed by atoms with Crippen molar-refractivity contribution >= 4 is 40.6 Å². The lowest BCUT2D eigenvalue weighted by molar-refractivity contribution is 0.614. The Bertz CT molecular complexity index is 39.7. The Morgan fingerprint density at radius 3 is 1.62 bits per heavy atom. The number of rotatable bonds is 2. The second-order valence-electron chi connectivity index (χ2n) is 2.02. The van der Waals surface area contributed by atoms with Gasteiger partial charge in [0.05, 0.1) is 0 Å². The van der Waals surface area contributed by atoms with Crippen molar-refractivity contribution in [3.63, 3.8) is 0 Å². The van der Waals surface area contributed by atoms with Crippen LogP contribution in [0.5, 0.6) is 0 Å². The predicted octanol–water partition coefficient (Wildman–Crippen LogP) is 1.65. The van der Waals surface area contributed by atoms with E-state index in [0.29, 0.717) is 5.92 Å². The van der Waals surface area contributed by atoms with E-state index in [2.05, 4.69) is 13.8 Å². The zero-order valence-corrected chi connectivity index (χ0v) is 6.13. The molecule has 0 aromatic heterocycles. The first-order valence-electron chi connectivity index (χ1n) is 2.41. The summed E-state index contributed by atoms with van der Waals surface area (Å²) in [7, 11) is 0. The molecule has 0 aliphatic carbocycles. The first kappa shape index (κ1) is 11.9. The van der Waals surface area contributed by atoms with Crippen molar-refractivity contribution in [2.75, 3.05) is 0 Å². The quantitative estimate of drug-likeness (QED) is 0.437. The molecule has 0 atom stereocenters. The van der Waals surface area contributed by atoms with Crippen LogP contribution in [0.1, 0.15) is 20.3 Å². The third kappa shape index (κ3) is 10.2. The molecule has 0 heterocycles. The van der Waals surface area contributed by atoms with Crippen molar-refractivity contribution in [3.05, 3.63) is 0 Å². The molecule has 50 valence electrons. The van der Waals surface area contributed by atoms with E-state index in [0.717, 1.165) is 6.42 Å². The monoisotopic (exact) mass is 170 g/mol. The Balaban J connectivity index is 0. The molecule has 0 nitrogen and oxygen atoms in total. The first-order chi connectivity index (χ1) is 3.13. The van der Waals surface area contributed by atoms with Crippen molar-refractivity contribution in [2.45, 2.75) is 25.1 Å². The molecule has 0 saturated heterocycles. The van der Waals surface area contributed by atoms with Crippen LogP contribution < -0.4 is 0 Å². The van der Waals surface area contributed by atoms with Gasteiger partial charge in [-0.1, -0.05) is 13.8 Å². The summed E-state index contributed by atoms with van der Waals surface area (Å²) in [5, 5.41) is 0. The van der Waals surface area contributed by atoms with E-state index < -0.39 is 0 Å². The predicted molar refractivity (Wildman–Crippen MR) is 44.9 cm³/mol. The molecule has 0 aliphatic heterocycles. The van der Waals surface area contributed by atoms with E-state index in [4.69, 9.17) is 23.2 Å². The molecule has 0 aromatic carbocycles. The molecule has 0 bridgehead atoms. The van der Waals surface area contributed by atoms with Gasteiger partial charge in [0, 0.05) is 0 Å². The Hall–Kier alpha value is 1.11.